The minimum Gasteiger partial charge on any atom is -0.298 e. The summed E-state index contributed by atoms with van der Waals surface area (Å²) in [6, 6.07) is 12.5. The Balaban J connectivity index is 2.25. The van der Waals surface area contributed by atoms with Crippen LogP contribution in [0.15, 0.2) is 47.4 Å². The first kappa shape index (κ1) is 10.5. The van der Waals surface area contributed by atoms with Gasteiger partial charge in [-0.3, -0.25) is 4.79 Å². The number of benzene rings is 1. The normalized spacial score (nSPS) is 14.6. The number of rotatable bonds is 2. The summed E-state index contributed by atoms with van der Waals surface area (Å²) in [5.41, 5.74) is 4.65. The second kappa shape index (κ2) is 4.30. The van der Waals surface area contributed by atoms with Gasteiger partial charge in [0.25, 0.3) is 0 Å². The molecule has 0 bridgehead atoms. The van der Waals surface area contributed by atoms with Gasteiger partial charge in [0.05, 0.1) is 0 Å². The summed E-state index contributed by atoms with van der Waals surface area (Å²) < 4.78 is 0. The molecule has 0 atom stereocenters. The molecule has 0 radical (unpaired) electrons. The predicted octanol–water partition coefficient (Wildman–Crippen LogP) is 3.70. The first-order valence-electron chi connectivity index (χ1n) is 5.70. The van der Waals surface area contributed by atoms with E-state index in [0.717, 1.165) is 30.3 Å². The van der Waals surface area contributed by atoms with Crippen LogP contribution in [0.5, 0.6) is 0 Å². The zero-order valence-corrected chi connectivity index (χ0v) is 10.2. The van der Waals surface area contributed by atoms with E-state index >= 15 is 0 Å². The minimum atomic E-state index is 0.855. The summed E-state index contributed by atoms with van der Waals surface area (Å²) >= 11 is 1.70. The second-order valence-electron chi connectivity index (χ2n) is 4.15. The number of hydrogen-bond acceptors (Lipinski definition) is 2. The van der Waals surface area contributed by atoms with E-state index in [-0.39, 0.29) is 0 Å². The molecule has 2 heteroatoms. The van der Waals surface area contributed by atoms with Gasteiger partial charge in [-0.25, -0.2) is 0 Å². The number of aldehydes is 1. The van der Waals surface area contributed by atoms with E-state index in [1.165, 1.54) is 16.0 Å². The number of thiophene rings is 1. The van der Waals surface area contributed by atoms with Gasteiger partial charge in [-0.1, -0.05) is 30.3 Å². The Morgan fingerprint density at radius 2 is 1.94 bits per heavy atom. The molecule has 3 rings (SSSR count). The van der Waals surface area contributed by atoms with Gasteiger partial charge in [-0.15, -0.1) is 11.3 Å². The fourth-order valence-electron chi connectivity index (χ4n) is 2.38. The maximum Gasteiger partial charge on any atom is 0.146 e. The van der Waals surface area contributed by atoms with E-state index < -0.39 is 0 Å². The average Bonchev–Trinajstić information content (AvgIpc) is 2.91. The van der Waals surface area contributed by atoms with Crippen LogP contribution >= 0.6 is 11.3 Å². The van der Waals surface area contributed by atoms with Crippen molar-refractivity contribution in [3.8, 4) is 0 Å². The van der Waals surface area contributed by atoms with Gasteiger partial charge in [-0.2, -0.15) is 0 Å². The fraction of sp³-hybridized carbons (Fsp3) is 0.133. The van der Waals surface area contributed by atoms with Crippen molar-refractivity contribution < 1.29 is 4.79 Å². The van der Waals surface area contributed by atoms with Gasteiger partial charge in [0.2, 0.25) is 0 Å². The van der Waals surface area contributed by atoms with Crippen LogP contribution in [0, 0.1) is 0 Å². The Kier molecular flexibility index (Phi) is 2.65. The van der Waals surface area contributed by atoms with Crippen molar-refractivity contribution in [2.24, 2.45) is 0 Å². The monoisotopic (exact) mass is 240 g/mol. The molecule has 17 heavy (non-hydrogen) atoms. The molecular formula is C15H12OS. The lowest BCUT2D eigenvalue weighted by molar-refractivity contribution is -0.105. The number of carbonyl (C=O) groups is 1. The molecule has 1 heterocycles. The standard InChI is InChI=1S/C15H12OS/c16-10-12-8-7-11-4-1-2-5-13(11)15(12)14-6-3-9-17-14/h1-6,9-10H,7-8H2. The van der Waals surface area contributed by atoms with Crippen molar-refractivity contribution in [1.82, 2.24) is 0 Å². The minimum absolute atomic E-state index is 0.855. The summed E-state index contributed by atoms with van der Waals surface area (Å²) in [5, 5.41) is 2.06. The Labute approximate surface area is 104 Å². The number of aryl methyl sites for hydroxylation is 1. The summed E-state index contributed by atoms with van der Waals surface area (Å²) in [6.45, 7) is 0. The summed E-state index contributed by atoms with van der Waals surface area (Å²) in [5.74, 6) is 0. The molecule has 0 spiro atoms. The first-order chi connectivity index (χ1) is 8.40. The van der Waals surface area contributed by atoms with Gasteiger partial charge in [0.15, 0.2) is 0 Å². The van der Waals surface area contributed by atoms with E-state index in [9.17, 15) is 4.79 Å². The number of allylic oxidation sites excluding steroid dienone is 1. The van der Waals surface area contributed by atoms with Crippen LogP contribution in [0.25, 0.3) is 5.57 Å². The van der Waals surface area contributed by atoms with Crippen LogP contribution < -0.4 is 0 Å². The third-order valence-electron chi connectivity index (χ3n) is 3.18. The molecule has 0 saturated carbocycles. The molecule has 0 fully saturated rings. The Bertz CT molecular complexity index is 579. The van der Waals surface area contributed by atoms with Crippen molar-refractivity contribution in [1.29, 1.82) is 0 Å². The van der Waals surface area contributed by atoms with Crippen LogP contribution in [0.1, 0.15) is 22.4 Å². The Morgan fingerprint density at radius 3 is 2.71 bits per heavy atom. The van der Waals surface area contributed by atoms with E-state index in [0.29, 0.717) is 0 Å². The molecule has 0 N–H and O–H groups in total. The van der Waals surface area contributed by atoms with Crippen molar-refractivity contribution in [2.45, 2.75) is 12.8 Å². The second-order valence-corrected chi connectivity index (χ2v) is 5.10. The highest BCUT2D eigenvalue weighted by molar-refractivity contribution is 7.11. The van der Waals surface area contributed by atoms with Crippen molar-refractivity contribution >= 4 is 23.2 Å². The zero-order valence-electron chi connectivity index (χ0n) is 9.35. The number of fused-ring (bicyclic) bond motifs is 1. The highest BCUT2D eigenvalue weighted by atomic mass is 32.1. The van der Waals surface area contributed by atoms with Crippen molar-refractivity contribution in [2.75, 3.05) is 0 Å². The zero-order chi connectivity index (χ0) is 11.7. The first-order valence-corrected chi connectivity index (χ1v) is 6.58. The van der Waals surface area contributed by atoms with E-state index in [1.54, 1.807) is 11.3 Å². The van der Waals surface area contributed by atoms with Crippen LogP contribution in [-0.2, 0) is 11.2 Å². The van der Waals surface area contributed by atoms with E-state index in [2.05, 4.69) is 29.6 Å². The van der Waals surface area contributed by atoms with E-state index in [1.807, 2.05) is 12.1 Å². The summed E-state index contributed by atoms with van der Waals surface area (Å²) in [4.78, 5) is 12.4. The van der Waals surface area contributed by atoms with Gasteiger partial charge in [0, 0.05) is 16.0 Å². The lowest BCUT2D eigenvalue weighted by Gasteiger charge is -2.20. The van der Waals surface area contributed by atoms with Crippen LogP contribution in [-0.4, -0.2) is 6.29 Å². The topological polar surface area (TPSA) is 17.1 Å². The number of hydrogen-bond donors (Lipinski definition) is 0. The maximum atomic E-state index is 11.2. The van der Waals surface area contributed by atoms with Crippen LogP contribution in [0.4, 0.5) is 0 Å². The van der Waals surface area contributed by atoms with Crippen molar-refractivity contribution in [3.05, 3.63) is 63.4 Å². The molecule has 0 saturated heterocycles. The van der Waals surface area contributed by atoms with Crippen LogP contribution in [0.2, 0.25) is 0 Å². The molecule has 1 aromatic heterocycles. The smallest absolute Gasteiger partial charge is 0.146 e. The molecule has 84 valence electrons. The largest absolute Gasteiger partial charge is 0.298 e. The predicted molar refractivity (Wildman–Crippen MR) is 71.2 cm³/mol. The summed E-state index contributed by atoms with van der Waals surface area (Å²) in [6.07, 6.45) is 2.85. The third-order valence-corrected chi connectivity index (χ3v) is 4.07. The molecular weight excluding hydrogens is 228 g/mol. The molecule has 0 aliphatic heterocycles. The lowest BCUT2D eigenvalue weighted by Crippen LogP contribution is -2.06. The highest BCUT2D eigenvalue weighted by Gasteiger charge is 2.19. The maximum absolute atomic E-state index is 11.2. The van der Waals surface area contributed by atoms with Gasteiger partial charge < -0.3 is 0 Å². The molecule has 2 aromatic rings. The quantitative estimate of drug-likeness (QED) is 0.732. The molecule has 1 aliphatic carbocycles. The number of carbonyl (C=O) groups excluding carboxylic acids is 1. The molecule has 1 aromatic carbocycles. The van der Waals surface area contributed by atoms with Crippen LogP contribution in [0.3, 0.4) is 0 Å². The average molecular weight is 240 g/mol. The summed E-state index contributed by atoms with van der Waals surface area (Å²) in [7, 11) is 0. The SMILES string of the molecule is O=CC1=C(c2cccs2)c2ccccc2CC1. The molecule has 0 unspecified atom stereocenters. The Hall–Kier alpha value is -1.67. The molecule has 1 aliphatic rings. The molecule has 0 amide bonds. The van der Waals surface area contributed by atoms with E-state index in [4.69, 9.17) is 0 Å². The van der Waals surface area contributed by atoms with Gasteiger partial charge >= 0.3 is 0 Å². The highest BCUT2D eigenvalue weighted by Crippen LogP contribution is 2.36. The van der Waals surface area contributed by atoms with Crippen molar-refractivity contribution in [3.63, 3.8) is 0 Å². The molecule has 1 nitrogen and oxygen atoms in total. The lowest BCUT2D eigenvalue weighted by atomic mass is 9.85. The Morgan fingerprint density at radius 1 is 1.06 bits per heavy atom. The van der Waals surface area contributed by atoms with Gasteiger partial charge in [-0.05, 0) is 35.4 Å². The third kappa shape index (κ3) is 1.75. The van der Waals surface area contributed by atoms with Gasteiger partial charge in [0.1, 0.15) is 6.29 Å². The fourth-order valence-corrected chi connectivity index (χ4v) is 3.20.